The molecule has 0 saturated heterocycles. The third-order valence-corrected chi connectivity index (χ3v) is 4.16. The van der Waals surface area contributed by atoms with Gasteiger partial charge in [0.1, 0.15) is 12.1 Å². The number of aryl methyl sites for hydroxylation is 1. The van der Waals surface area contributed by atoms with E-state index < -0.39 is 30.4 Å². The Morgan fingerprint density at radius 3 is 2.52 bits per heavy atom. The molecule has 2 aromatic rings. The van der Waals surface area contributed by atoms with Gasteiger partial charge in [0, 0.05) is 17.7 Å². The standard InChI is InChI=1S/C21H23N5O7/c22-25-12-24-15-5-1-4-14(9-15)21(32)23-10-17(27)26-16-6-2-3-13(7-8-18(28)29)20(16)33-11-19(30)31/h1-6,9,12H,7-8,10-11,22H2,(H,23,32)(H,24,25)(H,26,27)(H,28,29)(H,30,31). The molecule has 33 heavy (non-hydrogen) atoms. The second kappa shape index (κ2) is 12.3. The number of carbonyl (C=O) groups excluding carboxylic acids is 2. The highest BCUT2D eigenvalue weighted by Gasteiger charge is 2.16. The number of hydrogen-bond acceptors (Lipinski definition) is 7. The quantitative estimate of drug-likeness (QED) is 0.116. The fourth-order valence-corrected chi connectivity index (χ4v) is 2.75. The van der Waals surface area contributed by atoms with Gasteiger partial charge in [-0.1, -0.05) is 18.2 Å². The number of rotatable bonds is 12. The van der Waals surface area contributed by atoms with Crippen LogP contribution in [0, 0.1) is 0 Å². The average molecular weight is 457 g/mol. The topological polar surface area (TPSA) is 192 Å². The van der Waals surface area contributed by atoms with Gasteiger partial charge in [-0.15, -0.1) is 0 Å². The van der Waals surface area contributed by atoms with Gasteiger partial charge in [-0.2, -0.15) is 5.10 Å². The third-order valence-electron chi connectivity index (χ3n) is 4.16. The second-order valence-corrected chi connectivity index (χ2v) is 6.60. The summed E-state index contributed by atoms with van der Waals surface area (Å²) in [5.41, 5.74) is 1.44. The Hall–Kier alpha value is -4.61. The lowest BCUT2D eigenvalue weighted by molar-refractivity contribution is -0.139. The molecular formula is C21H23N5O7. The summed E-state index contributed by atoms with van der Waals surface area (Å²) in [6.45, 7) is -1.05. The Kier molecular flexibility index (Phi) is 9.19. The van der Waals surface area contributed by atoms with Crippen LogP contribution in [0.1, 0.15) is 22.3 Å². The van der Waals surface area contributed by atoms with Gasteiger partial charge >= 0.3 is 11.9 Å². The normalized spacial score (nSPS) is 10.4. The number of carboxylic acid groups (broad SMARTS) is 2. The zero-order valence-corrected chi connectivity index (χ0v) is 17.4. The van der Waals surface area contributed by atoms with Crippen molar-refractivity contribution in [3.63, 3.8) is 0 Å². The zero-order valence-electron chi connectivity index (χ0n) is 17.4. The molecule has 0 fully saturated rings. The summed E-state index contributed by atoms with van der Waals surface area (Å²) >= 11 is 0. The van der Waals surface area contributed by atoms with E-state index in [0.717, 1.165) is 0 Å². The van der Waals surface area contributed by atoms with Gasteiger partial charge in [0.05, 0.1) is 12.2 Å². The fraction of sp³-hybridized carbons (Fsp3) is 0.190. The number of hydrogen-bond donors (Lipinski definition) is 6. The summed E-state index contributed by atoms with van der Waals surface area (Å²) in [5.74, 6) is 1.71. The number of benzene rings is 2. The third kappa shape index (κ3) is 8.20. The lowest BCUT2D eigenvalue weighted by atomic mass is 10.1. The molecule has 2 amide bonds. The summed E-state index contributed by atoms with van der Waals surface area (Å²) < 4.78 is 5.28. The van der Waals surface area contributed by atoms with Crippen LogP contribution in [0.4, 0.5) is 11.4 Å². The van der Waals surface area contributed by atoms with E-state index in [4.69, 9.17) is 20.8 Å². The molecule has 0 saturated carbocycles. The van der Waals surface area contributed by atoms with Gasteiger partial charge in [0.2, 0.25) is 5.91 Å². The number of nitrogens with zero attached hydrogens (tertiary/aromatic N) is 1. The maximum atomic E-state index is 12.4. The fourth-order valence-electron chi connectivity index (χ4n) is 2.75. The molecule has 174 valence electrons. The molecule has 7 N–H and O–H groups in total. The number of hydrazone groups is 1. The number of ether oxygens (including phenoxy) is 1. The smallest absolute Gasteiger partial charge is 0.341 e. The zero-order chi connectivity index (χ0) is 24.2. The highest BCUT2D eigenvalue weighted by molar-refractivity contribution is 6.00. The van der Waals surface area contributed by atoms with E-state index in [2.05, 4.69) is 21.1 Å². The van der Waals surface area contributed by atoms with E-state index in [1.54, 1.807) is 36.4 Å². The molecule has 12 heteroatoms. The van der Waals surface area contributed by atoms with Crippen LogP contribution in [0.3, 0.4) is 0 Å². The number of nitrogens with two attached hydrogens (primary N) is 1. The van der Waals surface area contributed by atoms with Gasteiger partial charge < -0.3 is 36.7 Å². The van der Waals surface area contributed by atoms with Crippen molar-refractivity contribution < 1.29 is 34.1 Å². The molecule has 0 aliphatic heterocycles. The van der Waals surface area contributed by atoms with Gasteiger partial charge in [0.25, 0.3) is 5.91 Å². The molecule has 0 spiro atoms. The maximum Gasteiger partial charge on any atom is 0.341 e. The van der Waals surface area contributed by atoms with Gasteiger partial charge in [0.15, 0.2) is 6.61 Å². The molecule has 2 rings (SSSR count). The summed E-state index contributed by atoms with van der Waals surface area (Å²) in [5, 5.41) is 28.9. The molecule has 0 bridgehead atoms. The Morgan fingerprint density at radius 1 is 1.06 bits per heavy atom. The summed E-state index contributed by atoms with van der Waals surface area (Å²) in [4.78, 5) is 46.5. The van der Waals surface area contributed by atoms with E-state index in [-0.39, 0.29) is 30.8 Å². The molecule has 0 aliphatic carbocycles. The number of carbonyl (C=O) groups is 4. The van der Waals surface area contributed by atoms with E-state index in [1.165, 1.54) is 12.4 Å². The van der Waals surface area contributed by atoms with Crippen molar-refractivity contribution in [3.05, 3.63) is 53.6 Å². The van der Waals surface area contributed by atoms with Crippen LogP contribution in [0.2, 0.25) is 0 Å². The Morgan fingerprint density at radius 2 is 1.82 bits per heavy atom. The van der Waals surface area contributed by atoms with Crippen molar-refractivity contribution in [2.45, 2.75) is 12.8 Å². The van der Waals surface area contributed by atoms with Crippen molar-refractivity contribution in [1.82, 2.24) is 5.32 Å². The SMILES string of the molecule is NN=CNc1cccc(C(=O)NCC(=O)Nc2cccc(CCC(=O)O)c2OCC(=O)O)c1. The number of para-hydroxylation sites is 1. The van der Waals surface area contributed by atoms with Crippen molar-refractivity contribution in [3.8, 4) is 5.75 Å². The van der Waals surface area contributed by atoms with Crippen LogP contribution in [0.5, 0.6) is 5.75 Å². The van der Waals surface area contributed by atoms with E-state index in [9.17, 15) is 19.2 Å². The first-order valence-electron chi connectivity index (χ1n) is 9.64. The molecule has 0 atom stereocenters. The lowest BCUT2D eigenvalue weighted by Gasteiger charge is -2.15. The van der Waals surface area contributed by atoms with Gasteiger partial charge in [-0.3, -0.25) is 14.4 Å². The highest BCUT2D eigenvalue weighted by atomic mass is 16.5. The van der Waals surface area contributed by atoms with Crippen LogP contribution >= 0.6 is 0 Å². The minimum absolute atomic E-state index is 0.0566. The Balaban J connectivity index is 2.06. The molecule has 0 unspecified atom stereocenters. The average Bonchev–Trinajstić information content (AvgIpc) is 2.79. The molecule has 0 aliphatic rings. The lowest BCUT2D eigenvalue weighted by Crippen LogP contribution is -2.33. The Labute approximate surface area is 188 Å². The minimum Gasteiger partial charge on any atom is -0.481 e. The number of anilines is 2. The van der Waals surface area contributed by atoms with Crippen LogP contribution in [0.15, 0.2) is 47.6 Å². The molecule has 2 aromatic carbocycles. The summed E-state index contributed by atoms with van der Waals surface area (Å²) in [7, 11) is 0. The molecule has 0 radical (unpaired) electrons. The number of amides is 2. The van der Waals surface area contributed by atoms with Gasteiger partial charge in [-0.05, 0) is 36.2 Å². The Bertz CT molecular complexity index is 1060. The van der Waals surface area contributed by atoms with Crippen LogP contribution < -0.4 is 26.5 Å². The summed E-state index contributed by atoms with van der Waals surface area (Å²) in [6, 6.07) is 11.1. The predicted molar refractivity (Wildman–Crippen MR) is 119 cm³/mol. The molecule has 0 aromatic heterocycles. The van der Waals surface area contributed by atoms with E-state index in [1.807, 2.05) is 0 Å². The molecular weight excluding hydrogens is 434 g/mol. The predicted octanol–water partition coefficient (Wildman–Crippen LogP) is 0.850. The van der Waals surface area contributed by atoms with Crippen molar-refractivity contribution in [1.29, 1.82) is 0 Å². The number of aliphatic carboxylic acids is 2. The maximum absolute atomic E-state index is 12.4. The highest BCUT2D eigenvalue weighted by Crippen LogP contribution is 2.30. The number of carboxylic acids is 2. The van der Waals surface area contributed by atoms with Gasteiger partial charge in [-0.25, -0.2) is 4.79 Å². The van der Waals surface area contributed by atoms with E-state index in [0.29, 0.717) is 16.8 Å². The van der Waals surface area contributed by atoms with Crippen LogP contribution in [-0.4, -0.2) is 53.5 Å². The van der Waals surface area contributed by atoms with Crippen molar-refractivity contribution in [2.24, 2.45) is 10.9 Å². The monoisotopic (exact) mass is 457 g/mol. The molecule has 0 heterocycles. The van der Waals surface area contributed by atoms with Crippen LogP contribution in [-0.2, 0) is 20.8 Å². The second-order valence-electron chi connectivity index (χ2n) is 6.60. The van der Waals surface area contributed by atoms with Crippen molar-refractivity contribution in [2.75, 3.05) is 23.8 Å². The largest absolute Gasteiger partial charge is 0.481 e. The van der Waals surface area contributed by atoms with Crippen LogP contribution in [0.25, 0.3) is 0 Å². The van der Waals surface area contributed by atoms with E-state index >= 15 is 0 Å². The molecule has 12 nitrogen and oxygen atoms in total. The first-order chi connectivity index (χ1) is 15.8. The minimum atomic E-state index is -1.23. The van der Waals surface area contributed by atoms with Crippen molar-refractivity contribution >= 4 is 41.5 Å². The first-order valence-corrected chi connectivity index (χ1v) is 9.64. The first kappa shape index (κ1) is 24.7. The number of nitrogens with one attached hydrogen (secondary N) is 3. The summed E-state index contributed by atoms with van der Waals surface area (Å²) in [6.07, 6.45) is 1.12.